The van der Waals surface area contributed by atoms with E-state index in [9.17, 15) is 14.4 Å². The Hall–Kier alpha value is -2.69. The lowest BCUT2D eigenvalue weighted by molar-refractivity contribution is -0.151. The number of ether oxygens (including phenoxy) is 10. The minimum Gasteiger partial charge on any atom is -0.491 e. The highest BCUT2D eigenvalue weighted by atomic mass is 16.6. The average Bonchev–Trinajstić information content (AvgIpc) is 3.13. The van der Waals surface area contributed by atoms with Crippen LogP contribution in [-0.2, 0) is 63.4 Å². The van der Waals surface area contributed by atoms with E-state index in [1.54, 1.807) is 0 Å². The molecule has 294 valence electrons. The number of hydrogen-bond donors (Lipinski definition) is 1. The lowest BCUT2D eigenvalue weighted by atomic mass is 10.0. The summed E-state index contributed by atoms with van der Waals surface area (Å²) in [7, 11) is 0. The van der Waals surface area contributed by atoms with Crippen molar-refractivity contribution in [3.05, 3.63) is 29.8 Å². The van der Waals surface area contributed by atoms with Crippen LogP contribution in [0.3, 0.4) is 0 Å². The Labute approximate surface area is 303 Å². The maximum atomic E-state index is 11.4. The van der Waals surface area contributed by atoms with Gasteiger partial charge in [-0.15, -0.1) is 0 Å². The Balaban J connectivity index is 1.71. The van der Waals surface area contributed by atoms with E-state index >= 15 is 0 Å². The van der Waals surface area contributed by atoms with Crippen molar-refractivity contribution in [2.75, 3.05) is 119 Å². The predicted octanol–water partition coefficient (Wildman–Crippen LogP) is 4.08. The van der Waals surface area contributed by atoms with Crippen molar-refractivity contribution in [2.24, 2.45) is 0 Å². The van der Waals surface area contributed by atoms with Crippen molar-refractivity contribution < 1.29 is 66.9 Å². The Bertz CT molecular complexity index is 959. The molecule has 0 aliphatic heterocycles. The third-order valence-electron chi connectivity index (χ3n) is 7.13. The van der Waals surface area contributed by atoms with Crippen molar-refractivity contribution in [1.29, 1.82) is 0 Å². The molecule has 0 amide bonds. The number of hydrogen-bond acceptors (Lipinski definition) is 13. The number of benzene rings is 1. The largest absolute Gasteiger partial charge is 0.491 e. The number of esters is 1. The Morgan fingerprint density at radius 2 is 0.882 bits per heavy atom. The first kappa shape index (κ1) is 46.3. The van der Waals surface area contributed by atoms with Crippen molar-refractivity contribution >= 4 is 17.7 Å². The molecule has 0 aliphatic carbocycles. The first-order chi connectivity index (χ1) is 25.0. The number of aryl methyl sites for hydroxylation is 1. The minimum absolute atomic E-state index is 0.0160. The van der Waals surface area contributed by atoms with Crippen molar-refractivity contribution in [3.63, 3.8) is 0 Å². The fraction of sp³-hybridized carbons (Fsp3) is 0.757. The molecule has 0 saturated heterocycles. The summed E-state index contributed by atoms with van der Waals surface area (Å²) in [5.74, 6) is -2.36. The summed E-state index contributed by atoms with van der Waals surface area (Å²) < 4.78 is 54.2. The first-order valence-electron chi connectivity index (χ1n) is 18.3. The number of rotatable bonds is 39. The van der Waals surface area contributed by atoms with Gasteiger partial charge >= 0.3 is 11.9 Å². The zero-order chi connectivity index (χ0) is 36.9. The van der Waals surface area contributed by atoms with E-state index in [1.165, 1.54) is 44.1 Å². The molecule has 0 saturated carbocycles. The van der Waals surface area contributed by atoms with Crippen molar-refractivity contribution in [1.82, 2.24) is 0 Å². The molecule has 0 spiro atoms. The van der Waals surface area contributed by atoms with Gasteiger partial charge in [-0.1, -0.05) is 51.2 Å². The summed E-state index contributed by atoms with van der Waals surface area (Å²) in [5.41, 5.74) is 1.37. The molecule has 1 rings (SSSR count). The van der Waals surface area contributed by atoms with Crippen LogP contribution in [0.1, 0.15) is 63.9 Å². The van der Waals surface area contributed by atoms with Gasteiger partial charge in [-0.2, -0.15) is 0 Å². The van der Waals surface area contributed by atoms with Crippen LogP contribution in [-0.4, -0.2) is 142 Å². The second-order valence-electron chi connectivity index (χ2n) is 11.4. The minimum atomic E-state index is -1.56. The number of carbonyl (C=O) groups excluding carboxylic acids is 2. The van der Waals surface area contributed by atoms with Crippen LogP contribution < -0.4 is 4.74 Å². The topological polar surface area (TPSA) is 164 Å². The van der Waals surface area contributed by atoms with Crippen LogP contribution in [0.25, 0.3) is 0 Å². The van der Waals surface area contributed by atoms with Gasteiger partial charge in [0.2, 0.25) is 5.78 Å². The highest BCUT2D eigenvalue weighted by Crippen LogP contribution is 2.15. The Morgan fingerprint density at radius 1 is 0.490 bits per heavy atom. The summed E-state index contributed by atoms with van der Waals surface area (Å²) in [5, 5.41) is 8.45. The molecule has 1 aromatic rings. The zero-order valence-corrected chi connectivity index (χ0v) is 30.7. The van der Waals surface area contributed by atoms with Gasteiger partial charge in [-0.25, -0.2) is 4.79 Å². The normalized spacial score (nSPS) is 11.2. The van der Waals surface area contributed by atoms with Crippen LogP contribution in [0.5, 0.6) is 5.75 Å². The van der Waals surface area contributed by atoms with E-state index in [1.807, 2.05) is 12.1 Å². The molecular formula is C37H62O14. The second kappa shape index (κ2) is 35.7. The molecule has 0 radical (unpaired) electrons. The smallest absolute Gasteiger partial charge is 0.372 e. The van der Waals surface area contributed by atoms with Crippen molar-refractivity contribution in [2.45, 2.75) is 64.7 Å². The van der Waals surface area contributed by atoms with E-state index in [0.717, 1.165) is 12.2 Å². The SMILES string of the molecule is CCCCCCCCc1ccc(OCCOCCOCCOCCOCCOCCOCCOCCOCCOC(=O)CCC(=O)C(=O)O)cc1. The third-order valence-corrected chi connectivity index (χ3v) is 7.13. The number of unbranched alkanes of at least 4 members (excludes halogenated alkanes) is 5. The lowest BCUT2D eigenvalue weighted by Gasteiger charge is -2.09. The number of Topliss-reactive ketones (excluding diaryl/α,β-unsaturated/α-hetero) is 1. The van der Waals surface area contributed by atoms with E-state index in [-0.39, 0.29) is 26.1 Å². The quantitative estimate of drug-likeness (QED) is 0.0586. The van der Waals surface area contributed by atoms with Gasteiger partial charge in [0.05, 0.1) is 112 Å². The Kier molecular flexibility index (Phi) is 32.4. The molecule has 51 heavy (non-hydrogen) atoms. The van der Waals surface area contributed by atoms with Gasteiger partial charge < -0.3 is 52.5 Å². The van der Waals surface area contributed by atoms with E-state index in [2.05, 4.69) is 19.1 Å². The summed E-state index contributed by atoms with van der Waals surface area (Å²) in [4.78, 5) is 32.7. The van der Waals surface area contributed by atoms with E-state index in [4.69, 9.17) is 52.5 Å². The highest BCUT2D eigenvalue weighted by molar-refractivity contribution is 6.32. The standard InChI is InChI=1S/C37H62O14/c1-2-3-4-5-6-7-8-33-9-11-34(12-10-33)50-31-29-48-27-25-46-23-21-44-19-17-42-15-16-43-18-20-45-22-24-47-26-28-49-30-32-51-36(39)14-13-35(38)37(40)41/h9-12H,2-8,13-32H2,1H3,(H,40,41). The first-order valence-corrected chi connectivity index (χ1v) is 18.3. The second-order valence-corrected chi connectivity index (χ2v) is 11.4. The molecule has 0 atom stereocenters. The third kappa shape index (κ3) is 31.7. The average molecular weight is 731 g/mol. The van der Waals surface area contributed by atoms with Gasteiger partial charge in [0.15, 0.2) is 0 Å². The fourth-order valence-corrected chi connectivity index (χ4v) is 4.33. The fourth-order valence-electron chi connectivity index (χ4n) is 4.33. The molecule has 0 aromatic heterocycles. The summed E-state index contributed by atoms with van der Waals surface area (Å²) in [6, 6.07) is 8.38. The van der Waals surface area contributed by atoms with Gasteiger partial charge in [0.1, 0.15) is 19.0 Å². The monoisotopic (exact) mass is 730 g/mol. The van der Waals surface area contributed by atoms with Crippen LogP contribution in [0, 0.1) is 0 Å². The van der Waals surface area contributed by atoms with Crippen molar-refractivity contribution in [3.8, 4) is 5.75 Å². The molecule has 0 aliphatic rings. The molecule has 14 heteroatoms. The number of carboxylic acid groups (broad SMARTS) is 1. The molecule has 0 unspecified atom stereocenters. The summed E-state index contributed by atoms with van der Waals surface area (Å²) in [6.45, 7) is 9.76. The maximum Gasteiger partial charge on any atom is 0.372 e. The zero-order valence-electron chi connectivity index (χ0n) is 30.7. The summed E-state index contributed by atoms with van der Waals surface area (Å²) >= 11 is 0. The lowest BCUT2D eigenvalue weighted by Crippen LogP contribution is -2.17. The maximum absolute atomic E-state index is 11.4. The van der Waals surface area contributed by atoms with E-state index in [0.29, 0.717) is 106 Å². The molecule has 0 bridgehead atoms. The van der Waals surface area contributed by atoms with Crippen LogP contribution in [0.15, 0.2) is 24.3 Å². The molecular weight excluding hydrogens is 668 g/mol. The number of ketones is 1. The number of carboxylic acids is 1. The van der Waals surface area contributed by atoms with E-state index < -0.39 is 17.7 Å². The van der Waals surface area contributed by atoms with Gasteiger partial charge in [-0.05, 0) is 30.5 Å². The van der Waals surface area contributed by atoms with Crippen LogP contribution >= 0.6 is 0 Å². The molecule has 0 fully saturated rings. The molecule has 0 heterocycles. The van der Waals surface area contributed by atoms with Crippen LogP contribution in [0.4, 0.5) is 0 Å². The molecule has 1 N–H and O–H groups in total. The van der Waals surface area contributed by atoms with Gasteiger partial charge in [0, 0.05) is 6.42 Å². The molecule has 14 nitrogen and oxygen atoms in total. The highest BCUT2D eigenvalue weighted by Gasteiger charge is 2.14. The summed E-state index contributed by atoms with van der Waals surface area (Å²) in [6.07, 6.45) is 8.36. The number of aliphatic carboxylic acids is 1. The predicted molar refractivity (Wildman–Crippen MR) is 188 cm³/mol. The van der Waals surface area contributed by atoms with Crippen LogP contribution in [0.2, 0.25) is 0 Å². The molecule has 1 aromatic carbocycles. The van der Waals surface area contributed by atoms with Gasteiger partial charge in [0.25, 0.3) is 0 Å². The Morgan fingerprint density at radius 3 is 1.31 bits per heavy atom. The van der Waals surface area contributed by atoms with Gasteiger partial charge in [-0.3, -0.25) is 9.59 Å². The number of carbonyl (C=O) groups is 3.